The Kier molecular flexibility index (Phi) is 3.29. The average Bonchev–Trinajstić information content (AvgIpc) is 2.81. The van der Waals surface area contributed by atoms with Gasteiger partial charge in [0.25, 0.3) is 0 Å². The third-order valence-corrected chi connectivity index (χ3v) is 3.78. The van der Waals surface area contributed by atoms with Crippen LogP contribution in [0.15, 0.2) is 22.7 Å². The normalized spacial score (nSPS) is 12.7. The zero-order chi connectivity index (χ0) is 15.1. The first-order chi connectivity index (χ1) is 9.13. The molecule has 0 bridgehead atoms. The fourth-order valence-corrected chi connectivity index (χ4v) is 1.52. The van der Waals surface area contributed by atoms with Crippen LogP contribution < -0.4 is 5.73 Å². The van der Waals surface area contributed by atoms with Crippen LogP contribution in [0.3, 0.4) is 0 Å². The zero-order valence-electron chi connectivity index (χ0n) is 11.9. The maximum atomic E-state index is 13.3. The zero-order valence-corrected chi connectivity index (χ0v) is 11.9. The number of phenols is 1. The van der Waals surface area contributed by atoms with Gasteiger partial charge in [-0.3, -0.25) is 0 Å². The van der Waals surface area contributed by atoms with E-state index in [1.807, 2.05) is 27.7 Å². The summed E-state index contributed by atoms with van der Waals surface area (Å²) in [5.74, 6) is -0.502. The molecule has 0 radical (unpaired) electrons. The van der Waals surface area contributed by atoms with E-state index in [1.165, 1.54) is 12.1 Å². The highest BCUT2D eigenvalue weighted by atomic mass is 19.1. The van der Waals surface area contributed by atoms with E-state index in [-0.39, 0.29) is 5.82 Å². The molecule has 0 amide bonds. The lowest BCUT2D eigenvalue weighted by Crippen LogP contribution is -2.50. The van der Waals surface area contributed by atoms with E-state index in [9.17, 15) is 9.50 Å². The van der Waals surface area contributed by atoms with Crippen LogP contribution in [0, 0.1) is 5.82 Å². The molecular weight excluding hydrogens is 261 g/mol. The fraction of sp³-hybridized carbons (Fsp3) is 0.429. The summed E-state index contributed by atoms with van der Waals surface area (Å²) in [7, 11) is 0. The first-order valence-electron chi connectivity index (χ1n) is 6.25. The van der Waals surface area contributed by atoms with Gasteiger partial charge < -0.3 is 15.4 Å². The molecule has 0 unspecified atom stereocenters. The molecule has 2 aromatic rings. The summed E-state index contributed by atoms with van der Waals surface area (Å²) in [4.78, 5) is 4.28. The van der Waals surface area contributed by atoms with Gasteiger partial charge >= 0.3 is 0 Å². The Hall–Kier alpha value is -1.95. The quantitative estimate of drug-likeness (QED) is 0.902. The number of benzene rings is 1. The molecule has 6 heteroatoms. The van der Waals surface area contributed by atoms with Gasteiger partial charge in [-0.05, 0) is 45.9 Å². The van der Waals surface area contributed by atoms with Crippen molar-refractivity contribution in [2.75, 3.05) is 0 Å². The second-order valence-corrected chi connectivity index (χ2v) is 5.94. The van der Waals surface area contributed by atoms with Crippen molar-refractivity contribution in [2.24, 2.45) is 5.73 Å². The number of aromatic nitrogens is 2. The van der Waals surface area contributed by atoms with Crippen molar-refractivity contribution < 1.29 is 14.0 Å². The van der Waals surface area contributed by atoms with Gasteiger partial charge in [-0.15, -0.1) is 0 Å². The van der Waals surface area contributed by atoms with Gasteiger partial charge in [-0.1, -0.05) is 5.16 Å². The largest absolute Gasteiger partial charge is 0.505 e. The van der Waals surface area contributed by atoms with Crippen LogP contribution in [0.2, 0.25) is 0 Å². The Morgan fingerprint density at radius 3 is 2.45 bits per heavy atom. The summed E-state index contributed by atoms with van der Waals surface area (Å²) in [6.45, 7) is 7.55. The van der Waals surface area contributed by atoms with Crippen molar-refractivity contribution in [2.45, 2.75) is 38.6 Å². The van der Waals surface area contributed by atoms with Gasteiger partial charge in [0.2, 0.25) is 11.7 Å². The van der Waals surface area contributed by atoms with Gasteiger partial charge in [-0.25, -0.2) is 4.39 Å². The van der Waals surface area contributed by atoms with E-state index >= 15 is 0 Å². The SMILES string of the molecule is CC(C)(N)C(C)(C)c1nc(-c2ccc(O)c(F)c2)no1. The van der Waals surface area contributed by atoms with E-state index in [2.05, 4.69) is 10.1 Å². The minimum Gasteiger partial charge on any atom is -0.505 e. The highest BCUT2D eigenvalue weighted by Gasteiger charge is 2.40. The van der Waals surface area contributed by atoms with E-state index in [0.29, 0.717) is 11.5 Å². The minimum atomic E-state index is -0.729. The maximum absolute atomic E-state index is 13.3. The number of aromatic hydroxyl groups is 1. The van der Waals surface area contributed by atoms with Crippen LogP contribution in [0.1, 0.15) is 33.6 Å². The summed E-state index contributed by atoms with van der Waals surface area (Å²) in [5, 5.41) is 13.0. The summed E-state index contributed by atoms with van der Waals surface area (Å²) in [6, 6.07) is 3.93. The van der Waals surface area contributed by atoms with Gasteiger partial charge in [0.1, 0.15) is 0 Å². The lowest BCUT2D eigenvalue weighted by atomic mass is 9.75. The molecule has 1 aromatic heterocycles. The molecule has 0 saturated heterocycles. The monoisotopic (exact) mass is 279 g/mol. The number of hydrogen-bond donors (Lipinski definition) is 2. The van der Waals surface area contributed by atoms with E-state index < -0.39 is 22.5 Å². The van der Waals surface area contributed by atoms with E-state index in [4.69, 9.17) is 10.3 Å². The van der Waals surface area contributed by atoms with Crippen molar-refractivity contribution in [3.05, 3.63) is 29.9 Å². The standard InChI is InChI=1S/C14H18FN3O2/c1-13(2,14(3,4)16)12-17-11(18-20-12)8-5-6-10(19)9(15)7-8/h5-7,19H,16H2,1-4H3. The van der Waals surface area contributed by atoms with Crippen LogP contribution in [-0.4, -0.2) is 20.8 Å². The summed E-state index contributed by atoms with van der Waals surface area (Å²) >= 11 is 0. The van der Waals surface area contributed by atoms with Crippen molar-refractivity contribution >= 4 is 0 Å². The third-order valence-electron chi connectivity index (χ3n) is 3.78. The minimum absolute atomic E-state index is 0.260. The Labute approximate surface area is 116 Å². The Balaban J connectivity index is 2.41. The van der Waals surface area contributed by atoms with Crippen LogP contribution in [-0.2, 0) is 5.41 Å². The first-order valence-corrected chi connectivity index (χ1v) is 6.25. The van der Waals surface area contributed by atoms with E-state index in [1.54, 1.807) is 0 Å². The van der Waals surface area contributed by atoms with Crippen molar-refractivity contribution in [3.63, 3.8) is 0 Å². The van der Waals surface area contributed by atoms with Crippen LogP contribution in [0.5, 0.6) is 5.75 Å². The highest BCUT2D eigenvalue weighted by Crippen LogP contribution is 2.33. The number of hydrogen-bond acceptors (Lipinski definition) is 5. The molecule has 0 aliphatic heterocycles. The van der Waals surface area contributed by atoms with Crippen LogP contribution >= 0.6 is 0 Å². The van der Waals surface area contributed by atoms with Crippen LogP contribution in [0.25, 0.3) is 11.4 Å². The average molecular weight is 279 g/mol. The van der Waals surface area contributed by atoms with Gasteiger partial charge in [0, 0.05) is 11.1 Å². The summed E-state index contributed by atoms with van der Waals surface area (Å²) < 4.78 is 18.6. The molecule has 0 saturated carbocycles. The molecule has 20 heavy (non-hydrogen) atoms. The Morgan fingerprint density at radius 2 is 1.90 bits per heavy atom. The predicted molar refractivity (Wildman–Crippen MR) is 72.6 cm³/mol. The fourth-order valence-electron chi connectivity index (χ4n) is 1.52. The Morgan fingerprint density at radius 1 is 1.25 bits per heavy atom. The molecule has 3 N–H and O–H groups in total. The molecule has 1 heterocycles. The molecule has 5 nitrogen and oxygen atoms in total. The van der Waals surface area contributed by atoms with Crippen LogP contribution in [0.4, 0.5) is 4.39 Å². The van der Waals surface area contributed by atoms with Crippen molar-refractivity contribution in [1.82, 2.24) is 10.1 Å². The molecule has 1 aromatic carbocycles. The molecule has 2 rings (SSSR count). The second kappa shape index (κ2) is 4.56. The van der Waals surface area contributed by atoms with Gasteiger partial charge in [0.05, 0.1) is 5.41 Å². The van der Waals surface area contributed by atoms with Gasteiger partial charge in [0.15, 0.2) is 11.6 Å². The predicted octanol–water partition coefficient (Wildman–Crippen LogP) is 2.60. The lowest BCUT2D eigenvalue weighted by molar-refractivity contribution is 0.223. The lowest BCUT2D eigenvalue weighted by Gasteiger charge is -2.34. The molecule has 0 atom stereocenters. The highest BCUT2D eigenvalue weighted by molar-refractivity contribution is 5.56. The number of halogens is 1. The van der Waals surface area contributed by atoms with Crippen molar-refractivity contribution in [3.8, 4) is 17.1 Å². The number of nitrogens with two attached hydrogens (primary N) is 1. The maximum Gasteiger partial charge on any atom is 0.234 e. The summed E-state index contributed by atoms with van der Waals surface area (Å²) in [5.41, 5.74) is 5.46. The van der Waals surface area contributed by atoms with Crippen molar-refractivity contribution in [1.29, 1.82) is 0 Å². The first kappa shape index (κ1) is 14.5. The number of rotatable bonds is 3. The number of phenolic OH excluding ortho intramolecular Hbond substituents is 1. The van der Waals surface area contributed by atoms with E-state index in [0.717, 1.165) is 6.07 Å². The topological polar surface area (TPSA) is 85.2 Å². The third kappa shape index (κ3) is 2.38. The molecule has 0 spiro atoms. The second-order valence-electron chi connectivity index (χ2n) is 5.94. The smallest absolute Gasteiger partial charge is 0.234 e. The van der Waals surface area contributed by atoms with Gasteiger partial charge in [-0.2, -0.15) is 4.98 Å². The molecule has 108 valence electrons. The number of nitrogens with zero attached hydrogens (tertiary/aromatic N) is 2. The molecule has 0 aliphatic carbocycles. The molecule has 0 aliphatic rings. The molecule has 0 fully saturated rings. The Bertz CT molecular complexity index is 630. The summed E-state index contributed by atoms with van der Waals surface area (Å²) in [6.07, 6.45) is 0. The molecular formula is C14H18FN3O2.